The number of rotatable bonds is 18. The van der Waals surface area contributed by atoms with Crippen LogP contribution in [0.25, 0.3) is 0 Å². The summed E-state index contributed by atoms with van der Waals surface area (Å²) in [5.74, 6) is -0.784. The highest BCUT2D eigenvalue weighted by atomic mass is 16.8. The lowest BCUT2D eigenvalue weighted by Crippen LogP contribution is -2.42. The predicted octanol–water partition coefficient (Wildman–Crippen LogP) is 9.35. The van der Waals surface area contributed by atoms with Gasteiger partial charge in [-0.1, -0.05) is 161 Å². The molecule has 1 heterocycles. The van der Waals surface area contributed by atoms with Crippen molar-refractivity contribution in [3.63, 3.8) is 0 Å². The van der Waals surface area contributed by atoms with Crippen LogP contribution >= 0.6 is 0 Å². The lowest BCUT2D eigenvalue weighted by Gasteiger charge is -2.37. The van der Waals surface area contributed by atoms with Crippen molar-refractivity contribution in [2.75, 3.05) is 6.61 Å². The van der Waals surface area contributed by atoms with Crippen LogP contribution in [0.2, 0.25) is 0 Å². The molecule has 1 aliphatic heterocycles. The van der Waals surface area contributed by atoms with Crippen molar-refractivity contribution in [2.24, 2.45) is 0 Å². The van der Waals surface area contributed by atoms with Gasteiger partial charge in [0.05, 0.1) is 6.61 Å². The number of hydrogen-bond acceptors (Lipinski definition) is 4. The maximum Gasteiger partial charge on any atom is 0.164 e. The fraction of sp³-hybridized carbons (Fsp3) is 0.487. The van der Waals surface area contributed by atoms with Crippen LogP contribution in [0.1, 0.15) is 102 Å². The van der Waals surface area contributed by atoms with Crippen LogP contribution in [0.5, 0.6) is 0 Å². The van der Waals surface area contributed by atoms with E-state index in [1.165, 1.54) is 57.8 Å². The molecule has 0 aliphatic carbocycles. The van der Waals surface area contributed by atoms with Gasteiger partial charge in [-0.25, -0.2) is 0 Å². The van der Waals surface area contributed by atoms with Crippen LogP contribution in [0.15, 0.2) is 103 Å². The summed E-state index contributed by atoms with van der Waals surface area (Å²) in [4.78, 5) is 0. The molecular formula is C39H52O4. The molecule has 3 aromatic carbocycles. The van der Waals surface area contributed by atoms with Gasteiger partial charge in [-0.3, -0.25) is 0 Å². The number of benzene rings is 3. The van der Waals surface area contributed by atoms with E-state index in [4.69, 9.17) is 14.2 Å². The van der Waals surface area contributed by atoms with Gasteiger partial charge in [-0.15, -0.1) is 0 Å². The molecule has 4 heteroatoms. The second-order valence-corrected chi connectivity index (χ2v) is 12.3. The van der Waals surface area contributed by atoms with Crippen LogP contribution in [-0.2, 0) is 19.8 Å². The molecule has 0 saturated carbocycles. The first-order valence-electron chi connectivity index (χ1n) is 16.5. The van der Waals surface area contributed by atoms with Crippen molar-refractivity contribution in [2.45, 2.75) is 115 Å². The molecule has 0 spiro atoms. The van der Waals surface area contributed by atoms with Gasteiger partial charge in [0.15, 0.2) is 5.79 Å². The zero-order valence-corrected chi connectivity index (χ0v) is 26.5. The van der Waals surface area contributed by atoms with E-state index in [0.29, 0.717) is 0 Å². The zero-order valence-electron chi connectivity index (χ0n) is 26.5. The van der Waals surface area contributed by atoms with E-state index in [1.54, 1.807) is 0 Å². The molecule has 232 valence electrons. The highest BCUT2D eigenvalue weighted by Gasteiger charge is 2.45. The van der Waals surface area contributed by atoms with Gasteiger partial charge < -0.3 is 19.3 Å². The topological polar surface area (TPSA) is 47.9 Å². The molecule has 1 saturated heterocycles. The summed E-state index contributed by atoms with van der Waals surface area (Å²) in [6.07, 6.45) is 15.4. The second kappa shape index (κ2) is 16.9. The summed E-state index contributed by atoms with van der Waals surface area (Å²) in [7, 11) is 0. The first-order chi connectivity index (χ1) is 21.0. The Morgan fingerprint density at radius 3 is 1.67 bits per heavy atom. The van der Waals surface area contributed by atoms with Crippen molar-refractivity contribution < 1.29 is 19.3 Å². The Morgan fingerprint density at radius 2 is 1.19 bits per heavy atom. The van der Waals surface area contributed by atoms with E-state index in [1.807, 2.05) is 68.4 Å². The van der Waals surface area contributed by atoms with E-state index < -0.39 is 23.6 Å². The normalized spacial score (nSPS) is 19.2. The molecule has 0 bridgehead atoms. The van der Waals surface area contributed by atoms with E-state index in [9.17, 15) is 5.11 Å². The van der Waals surface area contributed by atoms with Crippen molar-refractivity contribution in [3.8, 4) is 0 Å². The van der Waals surface area contributed by atoms with E-state index in [-0.39, 0.29) is 12.7 Å². The Kier molecular flexibility index (Phi) is 13.0. The van der Waals surface area contributed by atoms with Gasteiger partial charge in [0.1, 0.15) is 23.9 Å². The molecule has 3 aromatic rings. The molecule has 1 fully saturated rings. The monoisotopic (exact) mass is 584 g/mol. The average Bonchev–Trinajstić information content (AvgIpc) is 3.35. The van der Waals surface area contributed by atoms with Crippen LogP contribution in [0.4, 0.5) is 0 Å². The average molecular weight is 585 g/mol. The minimum Gasteiger partial charge on any atom is -0.388 e. The van der Waals surface area contributed by atoms with Crippen molar-refractivity contribution in [1.82, 2.24) is 0 Å². The lowest BCUT2D eigenvalue weighted by atomic mass is 9.80. The highest BCUT2D eigenvalue weighted by molar-refractivity contribution is 5.47. The molecule has 1 aliphatic rings. The van der Waals surface area contributed by atoms with E-state index in [2.05, 4.69) is 55.5 Å². The van der Waals surface area contributed by atoms with Gasteiger partial charge in [0.2, 0.25) is 0 Å². The maximum atomic E-state index is 11.6. The molecule has 0 amide bonds. The minimum atomic E-state index is -0.902. The minimum absolute atomic E-state index is 0.0748. The van der Waals surface area contributed by atoms with Gasteiger partial charge in [-0.05, 0) is 43.4 Å². The van der Waals surface area contributed by atoms with Gasteiger partial charge in [-0.2, -0.15) is 0 Å². The fourth-order valence-electron chi connectivity index (χ4n) is 6.14. The Bertz CT molecular complexity index is 1100. The maximum absolute atomic E-state index is 11.6. The first-order valence-corrected chi connectivity index (χ1v) is 16.5. The van der Waals surface area contributed by atoms with E-state index >= 15 is 0 Å². The van der Waals surface area contributed by atoms with Crippen LogP contribution in [0.3, 0.4) is 0 Å². The summed E-state index contributed by atoms with van der Waals surface area (Å²) < 4.78 is 19.4. The molecule has 4 nitrogen and oxygen atoms in total. The molecule has 0 unspecified atom stereocenters. The second-order valence-electron chi connectivity index (χ2n) is 12.3. The largest absolute Gasteiger partial charge is 0.388 e. The Labute approximate surface area is 260 Å². The lowest BCUT2D eigenvalue weighted by molar-refractivity contribution is -0.160. The Morgan fingerprint density at radius 1 is 0.721 bits per heavy atom. The Balaban J connectivity index is 1.42. The number of unbranched alkanes of at least 4 members (excludes halogenated alkanes) is 9. The Hall–Kier alpha value is -2.76. The molecule has 3 atom stereocenters. The number of allylic oxidation sites excluding steroid dienone is 1. The summed E-state index contributed by atoms with van der Waals surface area (Å²) in [6.45, 7) is 6.15. The molecule has 4 rings (SSSR count). The number of aliphatic hydroxyl groups is 1. The summed E-state index contributed by atoms with van der Waals surface area (Å²) in [5.41, 5.74) is 2.10. The van der Waals surface area contributed by atoms with Crippen LogP contribution in [0, 0.1) is 0 Å². The first kappa shape index (κ1) is 33.1. The van der Waals surface area contributed by atoms with Gasteiger partial charge >= 0.3 is 0 Å². The van der Waals surface area contributed by atoms with Crippen LogP contribution < -0.4 is 0 Å². The third-order valence-electron chi connectivity index (χ3n) is 8.35. The SMILES string of the molecule is CCCCCCCCCCC/C=C/[C@H]1OC(C)(C)O[C@H]1[C@H](O)COC(c1ccccc1)(c1ccccc1)c1ccccc1. The molecular weight excluding hydrogens is 532 g/mol. The molecule has 1 N–H and O–H groups in total. The molecule has 43 heavy (non-hydrogen) atoms. The number of aliphatic hydroxyl groups excluding tert-OH is 1. The summed E-state index contributed by atoms with van der Waals surface area (Å²) in [5, 5.41) is 11.6. The molecule has 0 radical (unpaired) electrons. The highest BCUT2D eigenvalue weighted by Crippen LogP contribution is 2.41. The van der Waals surface area contributed by atoms with Gasteiger partial charge in [0.25, 0.3) is 0 Å². The van der Waals surface area contributed by atoms with Crippen molar-refractivity contribution in [1.29, 1.82) is 0 Å². The third kappa shape index (κ3) is 9.36. The standard InChI is InChI=1S/C39H52O4/c1-4-5-6-7-8-9-10-11-12-13-23-30-36-37(43-38(2,3)42-36)35(40)31-41-39(32-24-17-14-18-25-32,33-26-19-15-20-27-33)34-28-21-16-22-29-34/h14-30,35-37,40H,4-13,31H2,1-3H3/b30-23+/t35-,36-,37+/m1/s1. The number of ether oxygens (including phenoxy) is 3. The van der Waals surface area contributed by atoms with Crippen molar-refractivity contribution >= 4 is 0 Å². The summed E-state index contributed by atoms with van der Waals surface area (Å²) in [6, 6.07) is 30.7. The van der Waals surface area contributed by atoms with Crippen LogP contribution in [-0.4, -0.2) is 35.8 Å². The smallest absolute Gasteiger partial charge is 0.164 e. The quantitative estimate of drug-likeness (QED) is 0.0919. The van der Waals surface area contributed by atoms with Crippen molar-refractivity contribution in [3.05, 3.63) is 120 Å². The van der Waals surface area contributed by atoms with Gasteiger partial charge in [0, 0.05) is 0 Å². The fourth-order valence-corrected chi connectivity index (χ4v) is 6.14. The zero-order chi connectivity index (χ0) is 30.4. The molecule has 0 aromatic heterocycles. The predicted molar refractivity (Wildman–Crippen MR) is 176 cm³/mol. The van der Waals surface area contributed by atoms with E-state index in [0.717, 1.165) is 23.1 Å². The third-order valence-corrected chi connectivity index (χ3v) is 8.35. The number of hydrogen-bond donors (Lipinski definition) is 1. The summed E-state index contributed by atoms with van der Waals surface area (Å²) >= 11 is 0.